The Kier molecular flexibility index (Phi) is 3.88. The molecule has 0 spiro atoms. The number of hydrogen-bond donors (Lipinski definition) is 2. The SMILES string of the molecule is O=C(O)CNS(=O)(=O)CCC1CCC1. The normalized spacial score (nSPS) is 17.7. The highest BCUT2D eigenvalue weighted by Gasteiger charge is 2.20. The van der Waals surface area contributed by atoms with E-state index in [0.717, 1.165) is 12.8 Å². The van der Waals surface area contributed by atoms with E-state index in [-0.39, 0.29) is 5.75 Å². The van der Waals surface area contributed by atoms with E-state index < -0.39 is 22.5 Å². The monoisotopic (exact) mass is 221 g/mol. The Labute approximate surface area is 83.6 Å². The quantitative estimate of drug-likeness (QED) is 0.670. The van der Waals surface area contributed by atoms with Gasteiger partial charge in [0, 0.05) is 0 Å². The first kappa shape index (κ1) is 11.5. The number of nitrogens with one attached hydrogen (secondary N) is 1. The number of hydrogen-bond acceptors (Lipinski definition) is 3. The summed E-state index contributed by atoms with van der Waals surface area (Å²) in [4.78, 5) is 10.1. The Balaban J connectivity index is 2.22. The average molecular weight is 221 g/mol. The number of carboxylic acid groups (broad SMARTS) is 1. The maximum atomic E-state index is 11.2. The molecule has 0 aliphatic heterocycles. The van der Waals surface area contributed by atoms with Gasteiger partial charge in [0.15, 0.2) is 0 Å². The predicted molar refractivity (Wildman–Crippen MR) is 51.4 cm³/mol. The molecule has 1 saturated carbocycles. The molecule has 0 bridgehead atoms. The van der Waals surface area contributed by atoms with Gasteiger partial charge >= 0.3 is 5.97 Å². The summed E-state index contributed by atoms with van der Waals surface area (Å²) in [5, 5.41) is 8.28. The van der Waals surface area contributed by atoms with Crippen molar-refractivity contribution in [2.75, 3.05) is 12.3 Å². The maximum Gasteiger partial charge on any atom is 0.318 e. The molecule has 0 aromatic rings. The zero-order valence-electron chi connectivity index (χ0n) is 7.90. The fourth-order valence-corrected chi connectivity index (χ4v) is 2.48. The lowest BCUT2D eigenvalue weighted by atomic mass is 9.84. The van der Waals surface area contributed by atoms with E-state index in [2.05, 4.69) is 0 Å². The van der Waals surface area contributed by atoms with Gasteiger partial charge in [0.25, 0.3) is 0 Å². The summed E-state index contributed by atoms with van der Waals surface area (Å²) in [6.07, 6.45) is 4.05. The van der Waals surface area contributed by atoms with E-state index >= 15 is 0 Å². The summed E-state index contributed by atoms with van der Waals surface area (Å²) < 4.78 is 24.4. The van der Waals surface area contributed by atoms with Gasteiger partial charge in [-0.2, -0.15) is 0 Å². The van der Waals surface area contributed by atoms with Crippen LogP contribution in [0.5, 0.6) is 0 Å². The molecule has 0 aromatic carbocycles. The molecule has 14 heavy (non-hydrogen) atoms. The van der Waals surface area contributed by atoms with Crippen LogP contribution in [0.3, 0.4) is 0 Å². The van der Waals surface area contributed by atoms with E-state index in [9.17, 15) is 13.2 Å². The first-order valence-electron chi connectivity index (χ1n) is 4.69. The first-order valence-corrected chi connectivity index (χ1v) is 6.34. The second kappa shape index (κ2) is 4.75. The number of carboxylic acids is 1. The van der Waals surface area contributed by atoms with Gasteiger partial charge in [0.05, 0.1) is 5.75 Å². The van der Waals surface area contributed by atoms with Gasteiger partial charge in [-0.1, -0.05) is 19.3 Å². The van der Waals surface area contributed by atoms with Crippen molar-refractivity contribution in [2.24, 2.45) is 5.92 Å². The molecule has 1 aliphatic rings. The van der Waals surface area contributed by atoms with Crippen LogP contribution in [0.1, 0.15) is 25.7 Å². The summed E-state index contributed by atoms with van der Waals surface area (Å²) in [7, 11) is -3.38. The molecule has 0 amide bonds. The molecule has 2 N–H and O–H groups in total. The second-order valence-electron chi connectivity index (χ2n) is 3.62. The lowest BCUT2D eigenvalue weighted by Gasteiger charge is -2.24. The highest BCUT2D eigenvalue weighted by Crippen LogP contribution is 2.29. The van der Waals surface area contributed by atoms with Crippen LogP contribution < -0.4 is 4.72 Å². The summed E-state index contributed by atoms with van der Waals surface area (Å²) in [6.45, 7) is -0.521. The number of carbonyl (C=O) groups is 1. The van der Waals surface area contributed by atoms with Crippen molar-refractivity contribution in [1.29, 1.82) is 0 Å². The van der Waals surface area contributed by atoms with Crippen LogP contribution in [0.2, 0.25) is 0 Å². The predicted octanol–water partition coefficient (Wildman–Crippen LogP) is 0.181. The van der Waals surface area contributed by atoms with Crippen molar-refractivity contribution in [3.8, 4) is 0 Å². The maximum absolute atomic E-state index is 11.2. The molecule has 0 heterocycles. The van der Waals surface area contributed by atoms with Gasteiger partial charge in [-0.25, -0.2) is 13.1 Å². The Morgan fingerprint density at radius 1 is 1.43 bits per heavy atom. The van der Waals surface area contributed by atoms with Crippen LogP contribution in [0, 0.1) is 5.92 Å². The van der Waals surface area contributed by atoms with E-state index in [0.29, 0.717) is 12.3 Å². The first-order chi connectivity index (χ1) is 6.49. The molecular weight excluding hydrogens is 206 g/mol. The Morgan fingerprint density at radius 2 is 2.07 bits per heavy atom. The van der Waals surface area contributed by atoms with E-state index in [1.807, 2.05) is 4.72 Å². The van der Waals surface area contributed by atoms with E-state index in [4.69, 9.17) is 5.11 Å². The lowest BCUT2D eigenvalue weighted by molar-refractivity contribution is -0.135. The zero-order valence-corrected chi connectivity index (χ0v) is 8.72. The van der Waals surface area contributed by atoms with Crippen LogP contribution in [-0.2, 0) is 14.8 Å². The largest absolute Gasteiger partial charge is 0.480 e. The summed E-state index contributed by atoms with van der Waals surface area (Å²) >= 11 is 0. The molecule has 5 nitrogen and oxygen atoms in total. The molecule has 0 saturated heterocycles. The molecule has 6 heteroatoms. The highest BCUT2D eigenvalue weighted by molar-refractivity contribution is 7.89. The van der Waals surface area contributed by atoms with Crippen LogP contribution in [-0.4, -0.2) is 31.8 Å². The molecule has 1 rings (SSSR count). The minimum absolute atomic E-state index is 0.0466. The highest BCUT2D eigenvalue weighted by atomic mass is 32.2. The van der Waals surface area contributed by atoms with Crippen LogP contribution in [0.4, 0.5) is 0 Å². The summed E-state index contributed by atoms with van der Waals surface area (Å²) in [5.74, 6) is -0.584. The van der Waals surface area contributed by atoms with Crippen LogP contribution >= 0.6 is 0 Å². The average Bonchev–Trinajstić information content (AvgIpc) is 1.98. The Bertz CT molecular complexity index is 294. The van der Waals surface area contributed by atoms with E-state index in [1.54, 1.807) is 0 Å². The summed E-state index contributed by atoms with van der Waals surface area (Å²) in [6, 6.07) is 0. The molecule has 1 aliphatic carbocycles. The third kappa shape index (κ3) is 4.06. The Morgan fingerprint density at radius 3 is 2.50 bits per heavy atom. The van der Waals surface area contributed by atoms with Crippen molar-refractivity contribution in [1.82, 2.24) is 4.72 Å². The van der Waals surface area contributed by atoms with Crippen LogP contribution in [0.25, 0.3) is 0 Å². The fraction of sp³-hybridized carbons (Fsp3) is 0.875. The minimum Gasteiger partial charge on any atom is -0.480 e. The molecule has 0 radical (unpaired) electrons. The van der Waals surface area contributed by atoms with Crippen molar-refractivity contribution < 1.29 is 18.3 Å². The topological polar surface area (TPSA) is 83.5 Å². The lowest BCUT2D eigenvalue weighted by Crippen LogP contribution is -2.32. The Hall–Kier alpha value is -0.620. The van der Waals surface area contributed by atoms with Gasteiger partial charge in [0.2, 0.25) is 10.0 Å². The van der Waals surface area contributed by atoms with Gasteiger partial charge in [0.1, 0.15) is 6.54 Å². The molecule has 1 fully saturated rings. The van der Waals surface area contributed by atoms with E-state index in [1.165, 1.54) is 6.42 Å². The number of rotatable bonds is 6. The smallest absolute Gasteiger partial charge is 0.318 e. The number of aliphatic carboxylic acids is 1. The minimum atomic E-state index is -3.38. The van der Waals surface area contributed by atoms with Crippen molar-refractivity contribution in [3.05, 3.63) is 0 Å². The van der Waals surface area contributed by atoms with Crippen LogP contribution in [0.15, 0.2) is 0 Å². The van der Waals surface area contributed by atoms with Gasteiger partial charge in [-0.05, 0) is 12.3 Å². The fourth-order valence-electron chi connectivity index (χ4n) is 1.35. The summed E-state index contributed by atoms with van der Waals surface area (Å²) in [5.41, 5.74) is 0. The van der Waals surface area contributed by atoms with Crippen molar-refractivity contribution in [3.63, 3.8) is 0 Å². The molecular formula is C8H15NO4S. The van der Waals surface area contributed by atoms with Crippen molar-refractivity contribution in [2.45, 2.75) is 25.7 Å². The van der Waals surface area contributed by atoms with Gasteiger partial charge in [-0.3, -0.25) is 4.79 Å². The second-order valence-corrected chi connectivity index (χ2v) is 5.55. The molecule has 82 valence electrons. The van der Waals surface area contributed by atoms with Gasteiger partial charge in [-0.15, -0.1) is 0 Å². The molecule has 0 aromatic heterocycles. The molecule has 0 atom stereocenters. The van der Waals surface area contributed by atoms with Crippen molar-refractivity contribution >= 4 is 16.0 Å². The molecule has 0 unspecified atom stereocenters. The zero-order chi connectivity index (χ0) is 10.6. The third-order valence-electron chi connectivity index (χ3n) is 2.46. The van der Waals surface area contributed by atoms with Gasteiger partial charge < -0.3 is 5.11 Å². The standard InChI is InChI=1S/C8H15NO4S/c10-8(11)6-9-14(12,13)5-4-7-2-1-3-7/h7,9H,1-6H2,(H,10,11). The third-order valence-corrected chi connectivity index (χ3v) is 3.82. The number of sulfonamides is 1.